The van der Waals surface area contributed by atoms with Gasteiger partial charge in [-0.15, -0.1) is 0 Å². The lowest BCUT2D eigenvalue weighted by molar-refractivity contribution is 0.116. The Morgan fingerprint density at radius 2 is 1.91 bits per heavy atom. The van der Waals surface area contributed by atoms with Crippen molar-refractivity contribution in [1.29, 1.82) is 0 Å². The topological polar surface area (TPSA) is 61.4 Å². The van der Waals surface area contributed by atoms with Crippen molar-refractivity contribution in [3.8, 4) is 0 Å². The Kier molecular flexibility index (Phi) is 7.24. The Labute approximate surface area is 129 Å². The minimum absolute atomic E-state index is 0.145. The van der Waals surface area contributed by atoms with Gasteiger partial charge in [0.15, 0.2) is 0 Å². The zero-order valence-electron chi connectivity index (χ0n) is 13.2. The molecule has 3 N–H and O–H groups in total. The van der Waals surface area contributed by atoms with Gasteiger partial charge in [-0.3, -0.25) is 0 Å². The van der Waals surface area contributed by atoms with Gasteiger partial charge in [-0.1, -0.05) is 26.8 Å². The second-order valence-corrected chi connectivity index (χ2v) is 5.80. The van der Waals surface area contributed by atoms with Gasteiger partial charge in [0.1, 0.15) is 11.6 Å². The molecule has 0 saturated heterocycles. The second-order valence-electron chi connectivity index (χ2n) is 5.80. The number of aliphatic hydroxyl groups excluding tert-OH is 1. The molecule has 2 amide bonds. The molecule has 124 valence electrons. The van der Waals surface area contributed by atoms with Crippen LogP contribution in [0.3, 0.4) is 0 Å². The Hall–Kier alpha value is -1.69. The number of halogens is 2. The maximum absolute atomic E-state index is 13.6. The van der Waals surface area contributed by atoms with E-state index in [2.05, 4.69) is 10.6 Å². The predicted octanol–water partition coefficient (Wildman–Crippen LogP) is 2.77. The molecule has 0 radical (unpaired) electrons. The van der Waals surface area contributed by atoms with E-state index in [4.69, 9.17) is 0 Å². The van der Waals surface area contributed by atoms with Crippen LogP contribution >= 0.6 is 0 Å². The van der Waals surface area contributed by atoms with Gasteiger partial charge in [0.25, 0.3) is 0 Å². The van der Waals surface area contributed by atoms with Crippen LogP contribution in [0, 0.1) is 17.6 Å². The lowest BCUT2D eigenvalue weighted by atomic mass is 10.0. The lowest BCUT2D eigenvalue weighted by Crippen LogP contribution is -2.39. The Bertz CT molecular complexity index is 495. The molecule has 6 heteroatoms. The van der Waals surface area contributed by atoms with E-state index < -0.39 is 17.7 Å². The van der Waals surface area contributed by atoms with Crippen LogP contribution in [0.15, 0.2) is 18.2 Å². The van der Waals surface area contributed by atoms with Gasteiger partial charge >= 0.3 is 6.03 Å². The van der Waals surface area contributed by atoms with Crippen LogP contribution in [-0.2, 0) is 0 Å². The largest absolute Gasteiger partial charge is 0.393 e. The van der Waals surface area contributed by atoms with Gasteiger partial charge in [0.2, 0.25) is 0 Å². The number of aliphatic hydroxyl groups is 1. The number of amides is 2. The van der Waals surface area contributed by atoms with Gasteiger partial charge in [0, 0.05) is 25.1 Å². The molecule has 0 bridgehead atoms. The number of nitrogens with one attached hydrogen (secondary N) is 2. The van der Waals surface area contributed by atoms with Crippen LogP contribution < -0.4 is 10.6 Å². The molecular weight excluding hydrogens is 290 g/mol. The van der Waals surface area contributed by atoms with E-state index in [9.17, 15) is 18.7 Å². The van der Waals surface area contributed by atoms with E-state index in [0.717, 1.165) is 6.07 Å². The first-order valence-corrected chi connectivity index (χ1v) is 7.46. The highest BCUT2D eigenvalue weighted by molar-refractivity contribution is 5.73. The first-order chi connectivity index (χ1) is 10.3. The van der Waals surface area contributed by atoms with Crippen LogP contribution in [-0.4, -0.2) is 30.3 Å². The summed E-state index contributed by atoms with van der Waals surface area (Å²) < 4.78 is 26.4. The lowest BCUT2D eigenvalue weighted by Gasteiger charge is -2.16. The number of carbonyl (C=O) groups excluding carboxylic acids is 1. The monoisotopic (exact) mass is 314 g/mol. The molecule has 2 atom stereocenters. The third-order valence-corrected chi connectivity index (χ3v) is 3.56. The molecule has 22 heavy (non-hydrogen) atoms. The van der Waals surface area contributed by atoms with Gasteiger partial charge in [-0.2, -0.15) is 0 Å². The highest BCUT2D eigenvalue weighted by atomic mass is 19.1. The summed E-state index contributed by atoms with van der Waals surface area (Å²) in [6, 6.07) is 3.04. The average molecular weight is 314 g/mol. The van der Waals surface area contributed by atoms with Crippen molar-refractivity contribution < 1.29 is 18.7 Å². The molecule has 1 aromatic rings. The molecule has 0 spiro atoms. The van der Waals surface area contributed by atoms with Crippen LogP contribution in [0.4, 0.5) is 13.6 Å². The molecule has 0 aliphatic rings. The number of benzene rings is 1. The third kappa shape index (κ3) is 5.97. The fourth-order valence-corrected chi connectivity index (χ4v) is 1.99. The minimum Gasteiger partial charge on any atom is -0.393 e. The summed E-state index contributed by atoms with van der Waals surface area (Å²) in [6.45, 7) is 6.16. The summed E-state index contributed by atoms with van der Waals surface area (Å²) in [4.78, 5) is 11.6. The van der Waals surface area contributed by atoms with E-state index in [-0.39, 0.29) is 24.4 Å². The van der Waals surface area contributed by atoms with Crippen molar-refractivity contribution in [3.63, 3.8) is 0 Å². The summed E-state index contributed by atoms with van der Waals surface area (Å²) >= 11 is 0. The van der Waals surface area contributed by atoms with Crippen LogP contribution in [0.2, 0.25) is 0 Å². The Morgan fingerprint density at radius 1 is 1.23 bits per heavy atom. The van der Waals surface area contributed by atoms with Gasteiger partial charge < -0.3 is 15.7 Å². The van der Waals surface area contributed by atoms with Crippen molar-refractivity contribution in [3.05, 3.63) is 35.4 Å². The SMILES string of the molecule is CC(CNC(=O)NCCC(O)C(C)C)c1ccc(F)cc1F. The van der Waals surface area contributed by atoms with Crippen molar-refractivity contribution in [2.45, 2.75) is 39.2 Å². The molecule has 4 nitrogen and oxygen atoms in total. The molecule has 0 saturated carbocycles. The van der Waals surface area contributed by atoms with E-state index in [0.29, 0.717) is 18.5 Å². The van der Waals surface area contributed by atoms with Crippen LogP contribution in [0.5, 0.6) is 0 Å². The van der Waals surface area contributed by atoms with Gasteiger partial charge in [-0.05, 0) is 24.0 Å². The first-order valence-electron chi connectivity index (χ1n) is 7.46. The molecule has 1 rings (SSSR count). The van der Waals surface area contributed by atoms with E-state index in [1.165, 1.54) is 12.1 Å². The van der Waals surface area contributed by atoms with E-state index >= 15 is 0 Å². The minimum atomic E-state index is -0.622. The molecular formula is C16H24F2N2O2. The number of hydrogen-bond donors (Lipinski definition) is 3. The fourth-order valence-electron chi connectivity index (χ4n) is 1.99. The molecule has 0 aliphatic carbocycles. The normalized spacial score (nSPS) is 13.8. The van der Waals surface area contributed by atoms with Crippen molar-refractivity contribution in [2.24, 2.45) is 5.92 Å². The zero-order valence-corrected chi connectivity index (χ0v) is 13.2. The molecule has 0 fully saturated rings. The first kappa shape index (κ1) is 18.4. The second kappa shape index (κ2) is 8.68. The third-order valence-electron chi connectivity index (χ3n) is 3.56. The summed E-state index contributed by atoms with van der Waals surface area (Å²) in [5, 5.41) is 14.9. The Balaban J connectivity index is 2.34. The van der Waals surface area contributed by atoms with E-state index in [1.54, 1.807) is 6.92 Å². The van der Waals surface area contributed by atoms with Gasteiger partial charge in [0.05, 0.1) is 6.10 Å². The standard InChI is InChI=1S/C16H24F2N2O2/c1-10(2)15(21)6-7-19-16(22)20-9-11(3)13-5-4-12(17)8-14(13)18/h4-5,8,10-11,15,21H,6-7,9H2,1-3H3,(H2,19,20,22). The molecule has 1 aromatic carbocycles. The van der Waals surface area contributed by atoms with E-state index in [1.807, 2.05) is 13.8 Å². The summed E-state index contributed by atoms with van der Waals surface area (Å²) in [5.74, 6) is -1.36. The zero-order chi connectivity index (χ0) is 16.7. The Morgan fingerprint density at radius 3 is 2.50 bits per heavy atom. The van der Waals surface area contributed by atoms with Crippen molar-refractivity contribution in [1.82, 2.24) is 10.6 Å². The number of hydrogen-bond acceptors (Lipinski definition) is 2. The van der Waals surface area contributed by atoms with Gasteiger partial charge in [-0.25, -0.2) is 13.6 Å². The number of carbonyl (C=O) groups is 1. The summed E-state index contributed by atoms with van der Waals surface area (Å²) in [6.07, 6.45) is 0.0280. The molecule has 0 heterocycles. The molecule has 0 aliphatic heterocycles. The van der Waals surface area contributed by atoms with Crippen LogP contribution in [0.1, 0.15) is 38.7 Å². The smallest absolute Gasteiger partial charge is 0.314 e. The maximum Gasteiger partial charge on any atom is 0.314 e. The molecule has 2 unspecified atom stereocenters. The van der Waals surface area contributed by atoms with Crippen molar-refractivity contribution >= 4 is 6.03 Å². The maximum atomic E-state index is 13.6. The quantitative estimate of drug-likeness (QED) is 0.725. The summed E-state index contributed by atoms with van der Waals surface area (Å²) in [7, 11) is 0. The number of urea groups is 1. The highest BCUT2D eigenvalue weighted by Gasteiger charge is 2.13. The van der Waals surface area contributed by atoms with Crippen molar-refractivity contribution in [2.75, 3.05) is 13.1 Å². The fraction of sp³-hybridized carbons (Fsp3) is 0.562. The highest BCUT2D eigenvalue weighted by Crippen LogP contribution is 2.19. The average Bonchev–Trinajstić information content (AvgIpc) is 2.44. The van der Waals surface area contributed by atoms with Crippen LogP contribution in [0.25, 0.3) is 0 Å². The molecule has 0 aromatic heterocycles. The summed E-state index contributed by atoms with van der Waals surface area (Å²) in [5.41, 5.74) is 0.358. The predicted molar refractivity (Wildman–Crippen MR) is 81.6 cm³/mol. The number of rotatable bonds is 7.